The van der Waals surface area contributed by atoms with Gasteiger partial charge in [-0.25, -0.2) is 0 Å². The number of piperidine rings is 1. The van der Waals surface area contributed by atoms with E-state index in [0.29, 0.717) is 19.0 Å². The van der Waals surface area contributed by atoms with Crippen molar-refractivity contribution in [2.45, 2.75) is 18.9 Å². The molecule has 2 atom stereocenters. The van der Waals surface area contributed by atoms with Crippen molar-refractivity contribution in [2.24, 2.45) is 5.92 Å². The van der Waals surface area contributed by atoms with E-state index in [-0.39, 0.29) is 17.4 Å². The Bertz CT molecular complexity index is 1030. The molecule has 136 valence electrons. The van der Waals surface area contributed by atoms with E-state index in [2.05, 4.69) is 0 Å². The molecule has 5 nitrogen and oxygen atoms in total. The number of carbonyl (C=O) groups excluding carboxylic acids is 1. The molecule has 2 aromatic heterocycles. The van der Waals surface area contributed by atoms with Gasteiger partial charge in [0.1, 0.15) is 0 Å². The molecule has 0 N–H and O–H groups in total. The summed E-state index contributed by atoms with van der Waals surface area (Å²) in [5.74, 6) is 0.671. The van der Waals surface area contributed by atoms with Crippen molar-refractivity contribution in [2.75, 3.05) is 13.1 Å². The van der Waals surface area contributed by atoms with Crippen molar-refractivity contribution < 1.29 is 4.79 Å². The molecule has 0 unspecified atom stereocenters. The molecule has 1 saturated heterocycles. The zero-order chi connectivity index (χ0) is 18.4. The number of likely N-dealkylation sites (tertiary alicyclic amines) is 1. The van der Waals surface area contributed by atoms with E-state index in [1.54, 1.807) is 6.07 Å². The summed E-state index contributed by atoms with van der Waals surface area (Å²) < 4.78 is 3.92. The summed E-state index contributed by atoms with van der Waals surface area (Å²) in [6.07, 6.45) is 5.03. The molecule has 2 aliphatic heterocycles. The second-order valence-electron chi connectivity index (χ2n) is 7.55. The van der Waals surface area contributed by atoms with E-state index in [4.69, 9.17) is 0 Å². The van der Waals surface area contributed by atoms with Gasteiger partial charge in [-0.2, -0.15) is 0 Å². The first-order valence-electron chi connectivity index (χ1n) is 9.41. The topological polar surface area (TPSA) is 47.2 Å². The fourth-order valence-corrected chi connectivity index (χ4v) is 4.53. The van der Waals surface area contributed by atoms with Gasteiger partial charge in [0.05, 0.1) is 0 Å². The van der Waals surface area contributed by atoms with Gasteiger partial charge in [-0.3, -0.25) is 9.59 Å². The van der Waals surface area contributed by atoms with Crippen molar-refractivity contribution in [1.29, 1.82) is 0 Å². The Morgan fingerprint density at radius 2 is 1.67 bits per heavy atom. The maximum Gasteiger partial charge on any atom is 0.253 e. The fraction of sp³-hybridized carbons (Fsp3) is 0.273. The summed E-state index contributed by atoms with van der Waals surface area (Å²) in [5, 5.41) is 0. The van der Waals surface area contributed by atoms with E-state index in [1.807, 2.05) is 75.0 Å². The Kier molecular flexibility index (Phi) is 3.74. The Balaban J connectivity index is 1.38. The number of hydrogen-bond acceptors (Lipinski definition) is 2. The summed E-state index contributed by atoms with van der Waals surface area (Å²) in [6.45, 7) is 2.11. The van der Waals surface area contributed by atoms with Crippen molar-refractivity contribution in [3.05, 3.63) is 88.6 Å². The lowest BCUT2D eigenvalue weighted by Crippen LogP contribution is -2.49. The quantitative estimate of drug-likeness (QED) is 0.706. The summed E-state index contributed by atoms with van der Waals surface area (Å²) in [7, 11) is 0. The largest absolute Gasteiger partial charge is 0.338 e. The first-order chi connectivity index (χ1) is 13.2. The third kappa shape index (κ3) is 2.79. The highest BCUT2D eigenvalue weighted by molar-refractivity contribution is 5.94. The van der Waals surface area contributed by atoms with Gasteiger partial charge in [0.15, 0.2) is 0 Å². The van der Waals surface area contributed by atoms with Crippen molar-refractivity contribution in [3.63, 3.8) is 0 Å². The number of benzene rings is 1. The standard InChI is InChI=1S/C22H21N3O2/c26-21-5-3-4-20-18-12-16(14-25(20)21)13-24(15-18)22(27)17-6-8-19(9-7-17)23-10-1-2-11-23/h1-11,16,18H,12-15H2/t16-,18-/m1/s1. The van der Waals surface area contributed by atoms with Crippen LogP contribution in [0, 0.1) is 5.92 Å². The molecule has 0 radical (unpaired) electrons. The van der Waals surface area contributed by atoms with E-state index >= 15 is 0 Å². The average molecular weight is 359 g/mol. The Hall–Kier alpha value is -3.08. The summed E-state index contributed by atoms with van der Waals surface area (Å²) in [6, 6.07) is 17.2. The third-order valence-corrected chi connectivity index (χ3v) is 5.78. The van der Waals surface area contributed by atoms with Crippen molar-refractivity contribution in [1.82, 2.24) is 14.0 Å². The zero-order valence-electron chi connectivity index (χ0n) is 15.0. The van der Waals surface area contributed by atoms with Crippen LogP contribution in [0.2, 0.25) is 0 Å². The predicted molar refractivity (Wildman–Crippen MR) is 103 cm³/mol. The minimum absolute atomic E-state index is 0.0718. The highest BCUT2D eigenvalue weighted by atomic mass is 16.2. The monoisotopic (exact) mass is 359 g/mol. The SMILES string of the molecule is O=C(c1ccc(-n2cccc2)cc1)N1C[C@H]2C[C@H](C1)c1cccc(=O)n1C2. The number of fused-ring (bicyclic) bond motifs is 4. The lowest BCUT2D eigenvalue weighted by Gasteiger charge is -2.42. The van der Waals surface area contributed by atoms with E-state index in [9.17, 15) is 9.59 Å². The minimum Gasteiger partial charge on any atom is -0.338 e. The van der Waals surface area contributed by atoms with E-state index < -0.39 is 0 Å². The molecule has 1 aromatic carbocycles. The lowest BCUT2D eigenvalue weighted by molar-refractivity contribution is 0.0594. The number of carbonyl (C=O) groups is 1. The normalized spacial score (nSPS) is 21.0. The second-order valence-corrected chi connectivity index (χ2v) is 7.55. The molecule has 4 heterocycles. The molecule has 0 spiro atoms. The van der Waals surface area contributed by atoms with Crippen LogP contribution in [-0.2, 0) is 6.54 Å². The first kappa shape index (κ1) is 16.1. The third-order valence-electron chi connectivity index (χ3n) is 5.78. The van der Waals surface area contributed by atoms with Crippen molar-refractivity contribution in [3.8, 4) is 5.69 Å². The van der Waals surface area contributed by atoms with Gasteiger partial charge in [0.25, 0.3) is 11.5 Å². The molecule has 3 aromatic rings. The smallest absolute Gasteiger partial charge is 0.253 e. The summed E-state index contributed by atoms with van der Waals surface area (Å²) >= 11 is 0. The molecule has 5 rings (SSSR count). The van der Waals surface area contributed by atoms with Gasteiger partial charge >= 0.3 is 0 Å². The molecule has 1 fully saturated rings. The second kappa shape index (κ2) is 6.27. The lowest BCUT2D eigenvalue weighted by atomic mass is 9.83. The molecule has 5 heteroatoms. The molecular formula is C22H21N3O2. The summed E-state index contributed by atoms with van der Waals surface area (Å²) in [4.78, 5) is 27.2. The zero-order valence-corrected chi connectivity index (χ0v) is 15.0. The average Bonchev–Trinajstić information content (AvgIpc) is 3.23. The van der Waals surface area contributed by atoms with Gasteiger partial charge in [0, 0.05) is 61.0 Å². The van der Waals surface area contributed by atoms with Crippen molar-refractivity contribution >= 4 is 5.91 Å². The maximum absolute atomic E-state index is 13.1. The van der Waals surface area contributed by atoms with Gasteiger partial charge in [-0.15, -0.1) is 0 Å². The number of hydrogen-bond donors (Lipinski definition) is 0. The van der Waals surface area contributed by atoms with Crippen LogP contribution in [0.4, 0.5) is 0 Å². The van der Waals surface area contributed by atoms with Crippen LogP contribution < -0.4 is 5.56 Å². The minimum atomic E-state index is 0.0718. The number of nitrogens with zero attached hydrogens (tertiary/aromatic N) is 3. The molecule has 1 amide bonds. The van der Waals surface area contributed by atoms with Crippen LogP contribution in [-0.4, -0.2) is 33.0 Å². The van der Waals surface area contributed by atoms with Crippen LogP contribution in [0.25, 0.3) is 5.69 Å². The van der Waals surface area contributed by atoms with E-state index in [1.165, 1.54) is 0 Å². The predicted octanol–water partition coefficient (Wildman–Crippen LogP) is 2.90. The highest BCUT2D eigenvalue weighted by Gasteiger charge is 2.36. The van der Waals surface area contributed by atoms with Crippen LogP contribution in [0.5, 0.6) is 0 Å². The molecule has 27 heavy (non-hydrogen) atoms. The molecule has 0 aliphatic carbocycles. The van der Waals surface area contributed by atoms with Gasteiger partial charge in [-0.05, 0) is 54.8 Å². The van der Waals surface area contributed by atoms with Crippen LogP contribution in [0.1, 0.15) is 28.4 Å². The Morgan fingerprint density at radius 3 is 2.44 bits per heavy atom. The number of rotatable bonds is 2. The van der Waals surface area contributed by atoms with E-state index in [0.717, 1.165) is 29.9 Å². The van der Waals surface area contributed by atoms with Gasteiger partial charge in [0.2, 0.25) is 0 Å². The highest BCUT2D eigenvalue weighted by Crippen LogP contribution is 2.35. The van der Waals surface area contributed by atoms with Gasteiger partial charge < -0.3 is 14.0 Å². The van der Waals surface area contributed by atoms with Gasteiger partial charge in [-0.1, -0.05) is 6.07 Å². The maximum atomic E-state index is 13.1. The molecule has 0 saturated carbocycles. The number of amides is 1. The number of pyridine rings is 1. The Labute approximate surface area is 157 Å². The Morgan fingerprint density at radius 1 is 0.889 bits per heavy atom. The molecule has 2 aliphatic rings. The first-order valence-corrected chi connectivity index (χ1v) is 9.41. The summed E-state index contributed by atoms with van der Waals surface area (Å²) in [5.41, 5.74) is 2.90. The van der Waals surface area contributed by atoms with Crippen LogP contribution in [0.15, 0.2) is 71.8 Å². The van der Waals surface area contributed by atoms with Crippen LogP contribution in [0.3, 0.4) is 0 Å². The fourth-order valence-electron chi connectivity index (χ4n) is 4.53. The molecular weight excluding hydrogens is 338 g/mol. The van der Waals surface area contributed by atoms with Crippen LogP contribution >= 0.6 is 0 Å². The number of aromatic nitrogens is 2. The molecule has 2 bridgehead atoms.